The molecule has 0 aliphatic heterocycles. The fourth-order valence-electron chi connectivity index (χ4n) is 4.15. The van der Waals surface area contributed by atoms with E-state index in [1.165, 1.54) is 39.1 Å². The zero-order valence-corrected chi connectivity index (χ0v) is 26.9. The Morgan fingerprint density at radius 1 is 0.465 bits per heavy atom. The summed E-state index contributed by atoms with van der Waals surface area (Å²) in [5.41, 5.74) is 1.20. The molecule has 0 bridgehead atoms. The van der Waals surface area contributed by atoms with Crippen molar-refractivity contribution in [3.05, 3.63) is 177 Å². The fraction of sp³-hybridized carbons (Fsp3) is 0.0571. The molecule has 0 saturated carbocycles. The fourth-order valence-corrected chi connectivity index (χ4v) is 9.50. The molecule has 5 aromatic carbocycles. The van der Waals surface area contributed by atoms with E-state index in [1.54, 1.807) is 6.42 Å². The summed E-state index contributed by atoms with van der Waals surface area (Å²) in [5, 5.41) is 5.89. The zero-order chi connectivity index (χ0) is 30.0. The van der Waals surface area contributed by atoms with Crippen LogP contribution in [0.4, 0.5) is 17.3 Å². The normalized spacial score (nSPS) is 10.6. The van der Waals surface area contributed by atoms with E-state index in [0.29, 0.717) is 0 Å². The maximum atomic E-state index is 9.75. The summed E-state index contributed by atoms with van der Waals surface area (Å²) in [7, 11) is -6.70. The molecule has 0 aliphatic rings. The van der Waals surface area contributed by atoms with Gasteiger partial charge in [-0.05, 0) is 74.7 Å². The first kappa shape index (κ1) is 36.6. The van der Waals surface area contributed by atoms with Crippen molar-refractivity contribution in [3.8, 4) is 0 Å². The maximum Gasteiger partial charge on any atom is 2.00 e. The molecule has 5 rings (SSSR count). The SMILES string of the molecule is F[B-](F)(F)F.[CH2][CH][CH]c1ccccc1.[Pd+2].c1ccc(P(CCP(c2ccccc2)c2ccccc2)c2ccccc2)cc1. The summed E-state index contributed by atoms with van der Waals surface area (Å²) in [6.45, 7) is 3.60. The molecule has 5 aromatic rings. The van der Waals surface area contributed by atoms with Gasteiger partial charge in [0.25, 0.3) is 0 Å². The van der Waals surface area contributed by atoms with E-state index in [-0.39, 0.29) is 36.3 Å². The van der Waals surface area contributed by atoms with Crippen LogP contribution in [0.25, 0.3) is 0 Å². The minimum absolute atomic E-state index is 0. The van der Waals surface area contributed by atoms with E-state index >= 15 is 0 Å². The van der Waals surface area contributed by atoms with Crippen molar-refractivity contribution in [2.24, 2.45) is 0 Å². The van der Waals surface area contributed by atoms with Crippen LogP contribution in [0.1, 0.15) is 5.56 Å². The third-order valence-corrected chi connectivity index (χ3v) is 11.3. The standard InChI is InChI=1S/C26H24P2.C9H9.BF4.Pd/c1-5-13-23(14-6-1)27(24-15-7-2-8-16-24)21-22-28(25-17-9-3-10-18-25)26-19-11-4-12-20-26;1-2-6-9-7-4-3-5-8-9;2-1(3,4)5;/h1-20H,21-22H2;2-8H,1H2;;/q;;-1;+2. The van der Waals surface area contributed by atoms with Gasteiger partial charge in [0.1, 0.15) is 0 Å². The Labute approximate surface area is 270 Å². The average molecular weight is 709 g/mol. The van der Waals surface area contributed by atoms with Gasteiger partial charge in [-0.15, -0.1) is 0 Å². The van der Waals surface area contributed by atoms with Gasteiger partial charge in [-0.1, -0.05) is 152 Å². The molecule has 0 N–H and O–H groups in total. The van der Waals surface area contributed by atoms with Crippen LogP contribution in [-0.4, -0.2) is 19.6 Å². The summed E-state index contributed by atoms with van der Waals surface area (Å²) in [5.74, 6) is 0. The molecule has 0 spiro atoms. The van der Waals surface area contributed by atoms with Gasteiger partial charge in [0.2, 0.25) is 0 Å². The van der Waals surface area contributed by atoms with Crippen LogP contribution in [0, 0.1) is 19.8 Å². The molecule has 0 heterocycles. The van der Waals surface area contributed by atoms with Crippen LogP contribution in [0.3, 0.4) is 0 Å². The molecule has 0 unspecified atom stereocenters. The molecule has 0 aromatic heterocycles. The Bertz CT molecular complexity index is 1210. The smallest absolute Gasteiger partial charge is 0.418 e. The second-order valence-corrected chi connectivity index (χ2v) is 13.6. The molecule has 43 heavy (non-hydrogen) atoms. The first-order valence-corrected chi connectivity index (χ1v) is 16.5. The number of benzene rings is 5. The van der Waals surface area contributed by atoms with E-state index in [0.717, 1.165) is 0 Å². The van der Waals surface area contributed by atoms with Gasteiger partial charge in [-0.3, -0.25) is 0 Å². The summed E-state index contributed by atoms with van der Waals surface area (Å²) in [6.07, 6.45) is 6.17. The van der Waals surface area contributed by atoms with Gasteiger partial charge in [0, 0.05) is 0 Å². The third-order valence-electron chi connectivity index (χ3n) is 5.93. The van der Waals surface area contributed by atoms with Crippen molar-refractivity contribution in [2.45, 2.75) is 0 Å². The number of hydrogen-bond acceptors (Lipinski definition) is 0. The van der Waals surface area contributed by atoms with Gasteiger partial charge >= 0.3 is 27.7 Å². The quantitative estimate of drug-likeness (QED) is 0.0816. The van der Waals surface area contributed by atoms with E-state index in [1.807, 2.05) is 36.8 Å². The van der Waals surface area contributed by atoms with Crippen molar-refractivity contribution in [3.63, 3.8) is 0 Å². The molecule has 8 heteroatoms. The molecule has 0 atom stereocenters. The Kier molecular flexibility index (Phi) is 17.3. The van der Waals surface area contributed by atoms with Crippen molar-refractivity contribution in [2.75, 3.05) is 12.3 Å². The summed E-state index contributed by atoms with van der Waals surface area (Å²) in [6, 6.07) is 54.3. The largest absolute Gasteiger partial charge is 2.00 e. The van der Waals surface area contributed by atoms with E-state index in [9.17, 15) is 17.3 Å². The molecule has 0 amide bonds. The molecule has 3 radical (unpaired) electrons. The van der Waals surface area contributed by atoms with E-state index < -0.39 is 7.25 Å². The first-order valence-electron chi connectivity index (χ1n) is 13.5. The Hall–Kier alpha value is -2.59. The molecular weight excluding hydrogens is 676 g/mol. The van der Waals surface area contributed by atoms with Crippen molar-refractivity contribution >= 4 is 44.3 Å². The minimum atomic E-state index is -6.00. The van der Waals surface area contributed by atoms with Crippen LogP contribution >= 0.6 is 15.8 Å². The van der Waals surface area contributed by atoms with Crippen LogP contribution in [0.15, 0.2) is 152 Å². The molecule has 223 valence electrons. The monoisotopic (exact) mass is 708 g/mol. The number of halogens is 4. The zero-order valence-electron chi connectivity index (χ0n) is 23.5. The second-order valence-electron chi connectivity index (χ2n) is 8.95. The average Bonchev–Trinajstić information content (AvgIpc) is 3.01. The number of rotatable bonds is 9. The van der Waals surface area contributed by atoms with Crippen molar-refractivity contribution < 1.29 is 37.7 Å². The Balaban J connectivity index is 0.000000357. The van der Waals surface area contributed by atoms with Crippen molar-refractivity contribution in [1.82, 2.24) is 0 Å². The van der Waals surface area contributed by atoms with Crippen molar-refractivity contribution in [1.29, 1.82) is 0 Å². The maximum absolute atomic E-state index is 9.75. The van der Waals surface area contributed by atoms with Gasteiger partial charge in [0.05, 0.1) is 0 Å². The molecular formula is C35H33BF4P2Pd+. The molecule has 0 aliphatic carbocycles. The second kappa shape index (κ2) is 20.4. The van der Waals surface area contributed by atoms with E-state index in [4.69, 9.17) is 0 Å². The molecule has 0 saturated heterocycles. The molecule has 0 fully saturated rings. The minimum Gasteiger partial charge on any atom is -0.418 e. The summed E-state index contributed by atoms with van der Waals surface area (Å²) < 4.78 is 39.0. The van der Waals surface area contributed by atoms with Crippen LogP contribution in [0.5, 0.6) is 0 Å². The predicted octanol–water partition coefficient (Wildman–Crippen LogP) is 8.83. The van der Waals surface area contributed by atoms with Gasteiger partial charge in [-0.25, -0.2) is 0 Å². The van der Waals surface area contributed by atoms with Gasteiger partial charge in [-0.2, -0.15) is 0 Å². The number of hydrogen-bond donors (Lipinski definition) is 0. The molecule has 0 nitrogen and oxygen atoms in total. The first-order chi connectivity index (χ1) is 20.3. The van der Waals surface area contributed by atoms with Crippen LogP contribution in [-0.2, 0) is 20.4 Å². The van der Waals surface area contributed by atoms with Gasteiger partial charge < -0.3 is 17.3 Å². The third kappa shape index (κ3) is 14.6. The van der Waals surface area contributed by atoms with Gasteiger partial charge in [0.15, 0.2) is 0 Å². The summed E-state index contributed by atoms with van der Waals surface area (Å²) in [4.78, 5) is 0. The van der Waals surface area contributed by atoms with E-state index in [2.05, 4.69) is 128 Å². The Morgan fingerprint density at radius 2 is 0.698 bits per heavy atom. The van der Waals surface area contributed by atoms with Crippen LogP contribution in [0.2, 0.25) is 0 Å². The topological polar surface area (TPSA) is 0 Å². The summed E-state index contributed by atoms with van der Waals surface area (Å²) >= 11 is 0. The Morgan fingerprint density at radius 3 is 0.930 bits per heavy atom. The predicted molar refractivity (Wildman–Crippen MR) is 178 cm³/mol. The van der Waals surface area contributed by atoms with Crippen LogP contribution < -0.4 is 21.2 Å².